The average Bonchev–Trinajstić information content (AvgIpc) is 2.83. The van der Waals surface area contributed by atoms with Crippen LogP contribution in [0.5, 0.6) is 11.5 Å². The van der Waals surface area contributed by atoms with E-state index in [1.807, 2.05) is 12.1 Å². The number of hydrogen-bond donors (Lipinski definition) is 1. The van der Waals surface area contributed by atoms with Crippen molar-refractivity contribution < 1.29 is 28.9 Å². The number of methoxy groups -OCH3 is 2. The Kier molecular flexibility index (Phi) is 13.3. The molecule has 0 aliphatic rings. The Hall–Kier alpha value is -2.24. The predicted octanol–water partition coefficient (Wildman–Crippen LogP) is 7.23. The number of hydrogen-bond acceptors (Lipinski definition) is 6. The Morgan fingerprint density at radius 3 is 1.86 bits per heavy atom. The third-order valence-electron chi connectivity index (χ3n) is 7.39. The molecular formula is C30H50O6. The van der Waals surface area contributed by atoms with Gasteiger partial charge in [0.1, 0.15) is 11.5 Å². The van der Waals surface area contributed by atoms with E-state index < -0.39 is 0 Å². The summed E-state index contributed by atoms with van der Waals surface area (Å²) in [5.74, 6) is 1.07. The summed E-state index contributed by atoms with van der Waals surface area (Å²) in [7, 11) is 2.81. The Balaban J connectivity index is 3.28. The minimum absolute atomic E-state index is 0.212. The fraction of sp³-hybridized carbons (Fsp3) is 0.733. The van der Waals surface area contributed by atoms with E-state index in [0.717, 1.165) is 49.0 Å². The second-order valence-electron chi connectivity index (χ2n) is 11.2. The zero-order valence-corrected chi connectivity index (χ0v) is 24.0. The number of carbonyl (C=O) groups is 2. The SMILES string of the molecule is CCCCC(CC)COc1cc(C(C)(C)CCCC(=O)OC)c(O)cc1C(C)(C)CCCC(=O)OC. The fourth-order valence-electron chi connectivity index (χ4n) is 4.69. The quantitative estimate of drug-likeness (QED) is 0.224. The maximum Gasteiger partial charge on any atom is 0.305 e. The highest BCUT2D eigenvalue weighted by atomic mass is 16.5. The highest BCUT2D eigenvalue weighted by molar-refractivity contribution is 5.69. The number of aromatic hydroxyl groups is 1. The number of phenolic OH excluding ortho intramolecular Hbond substituents is 1. The summed E-state index contributed by atoms with van der Waals surface area (Å²) >= 11 is 0. The van der Waals surface area contributed by atoms with Crippen molar-refractivity contribution in [3.05, 3.63) is 23.3 Å². The monoisotopic (exact) mass is 506 g/mol. The molecule has 1 unspecified atom stereocenters. The summed E-state index contributed by atoms with van der Waals surface area (Å²) < 4.78 is 16.1. The first-order valence-corrected chi connectivity index (χ1v) is 13.6. The van der Waals surface area contributed by atoms with Crippen LogP contribution >= 0.6 is 0 Å². The average molecular weight is 507 g/mol. The highest BCUT2D eigenvalue weighted by Crippen LogP contribution is 2.44. The summed E-state index contributed by atoms with van der Waals surface area (Å²) in [5, 5.41) is 11.1. The Labute approximate surface area is 219 Å². The van der Waals surface area contributed by atoms with Gasteiger partial charge in [-0.1, -0.05) is 60.8 Å². The van der Waals surface area contributed by atoms with E-state index in [4.69, 9.17) is 14.2 Å². The van der Waals surface area contributed by atoms with Crippen LogP contribution in [0.4, 0.5) is 0 Å². The van der Waals surface area contributed by atoms with Crippen molar-refractivity contribution in [3.8, 4) is 11.5 Å². The minimum Gasteiger partial charge on any atom is -0.508 e. The maximum absolute atomic E-state index is 11.6. The minimum atomic E-state index is -0.351. The Bertz CT molecular complexity index is 827. The van der Waals surface area contributed by atoms with Gasteiger partial charge in [-0.2, -0.15) is 0 Å². The summed E-state index contributed by atoms with van der Waals surface area (Å²) in [6.07, 6.45) is 8.10. The molecule has 1 aromatic carbocycles. The second kappa shape index (κ2) is 15.1. The molecule has 206 valence electrons. The number of ether oxygens (including phenoxy) is 3. The van der Waals surface area contributed by atoms with Gasteiger partial charge in [0.15, 0.2) is 0 Å². The molecule has 36 heavy (non-hydrogen) atoms. The van der Waals surface area contributed by atoms with Gasteiger partial charge < -0.3 is 19.3 Å². The third kappa shape index (κ3) is 10.0. The van der Waals surface area contributed by atoms with Gasteiger partial charge in [-0.25, -0.2) is 0 Å². The molecule has 0 bridgehead atoms. The molecule has 0 fully saturated rings. The molecule has 0 aliphatic carbocycles. The van der Waals surface area contributed by atoms with Crippen LogP contribution in [-0.4, -0.2) is 37.9 Å². The molecule has 0 aromatic heterocycles. The predicted molar refractivity (Wildman–Crippen MR) is 145 cm³/mol. The van der Waals surface area contributed by atoms with Gasteiger partial charge in [0.05, 0.1) is 20.8 Å². The van der Waals surface area contributed by atoms with Crippen molar-refractivity contribution in [1.82, 2.24) is 0 Å². The van der Waals surface area contributed by atoms with Gasteiger partial charge in [0.2, 0.25) is 0 Å². The van der Waals surface area contributed by atoms with Crippen molar-refractivity contribution in [2.24, 2.45) is 5.92 Å². The number of esters is 2. The van der Waals surface area contributed by atoms with Crippen molar-refractivity contribution in [1.29, 1.82) is 0 Å². The summed E-state index contributed by atoms with van der Waals surface area (Å²) in [6.45, 7) is 13.5. The van der Waals surface area contributed by atoms with Gasteiger partial charge in [-0.3, -0.25) is 9.59 Å². The van der Waals surface area contributed by atoms with Crippen LogP contribution in [0.15, 0.2) is 12.1 Å². The van der Waals surface area contributed by atoms with Gasteiger partial charge in [-0.15, -0.1) is 0 Å². The lowest BCUT2D eigenvalue weighted by Crippen LogP contribution is -2.23. The molecule has 0 saturated heterocycles. The second-order valence-corrected chi connectivity index (χ2v) is 11.2. The first-order chi connectivity index (χ1) is 16.9. The standard InChI is InChI=1S/C30H50O6/c1-9-11-14-22(10-2)21-36-26-20-23(29(3,4)17-12-15-27(32)34-7)25(31)19-24(26)30(5,6)18-13-16-28(33)35-8/h19-20,22,31H,9-18,21H2,1-8H3. The van der Waals surface area contributed by atoms with Gasteiger partial charge >= 0.3 is 11.9 Å². The van der Waals surface area contributed by atoms with Crippen LogP contribution in [0.3, 0.4) is 0 Å². The molecule has 1 rings (SSSR count). The maximum atomic E-state index is 11.6. The molecule has 0 amide bonds. The molecule has 6 nitrogen and oxygen atoms in total. The van der Waals surface area contributed by atoms with Crippen molar-refractivity contribution in [2.45, 2.75) is 117 Å². The van der Waals surface area contributed by atoms with Crippen LogP contribution in [0.25, 0.3) is 0 Å². The van der Waals surface area contributed by atoms with Crippen LogP contribution in [0.1, 0.15) is 117 Å². The lowest BCUT2D eigenvalue weighted by Gasteiger charge is -2.32. The molecule has 1 aromatic rings. The van der Waals surface area contributed by atoms with E-state index in [-0.39, 0.29) is 28.5 Å². The van der Waals surface area contributed by atoms with Crippen molar-refractivity contribution in [2.75, 3.05) is 20.8 Å². The van der Waals surface area contributed by atoms with E-state index in [1.54, 1.807) is 0 Å². The van der Waals surface area contributed by atoms with Crippen LogP contribution < -0.4 is 4.74 Å². The largest absolute Gasteiger partial charge is 0.508 e. The molecule has 1 N–H and O–H groups in total. The van der Waals surface area contributed by atoms with E-state index in [9.17, 15) is 14.7 Å². The number of unbranched alkanes of at least 4 members (excludes halogenated alkanes) is 1. The topological polar surface area (TPSA) is 82.1 Å². The Morgan fingerprint density at radius 1 is 0.861 bits per heavy atom. The van der Waals surface area contributed by atoms with E-state index in [2.05, 4.69) is 41.5 Å². The zero-order valence-electron chi connectivity index (χ0n) is 24.0. The first kappa shape index (κ1) is 31.8. The van der Waals surface area contributed by atoms with Crippen molar-refractivity contribution >= 4 is 11.9 Å². The molecule has 0 aliphatic heterocycles. The number of carbonyl (C=O) groups excluding carboxylic acids is 2. The smallest absolute Gasteiger partial charge is 0.305 e. The van der Waals surface area contributed by atoms with Crippen LogP contribution in [-0.2, 0) is 29.9 Å². The number of benzene rings is 1. The van der Waals surface area contributed by atoms with Crippen LogP contribution in [0, 0.1) is 5.92 Å². The highest BCUT2D eigenvalue weighted by Gasteiger charge is 2.31. The summed E-state index contributed by atoms with van der Waals surface area (Å²) in [5.41, 5.74) is 1.11. The molecule has 1 atom stereocenters. The number of rotatable bonds is 17. The van der Waals surface area contributed by atoms with E-state index in [0.29, 0.717) is 38.2 Å². The normalized spacial score (nSPS) is 12.8. The molecule has 6 heteroatoms. The molecule has 0 spiro atoms. The molecule has 0 heterocycles. The van der Waals surface area contributed by atoms with Gasteiger partial charge in [-0.05, 0) is 61.0 Å². The third-order valence-corrected chi connectivity index (χ3v) is 7.39. The number of phenols is 1. The van der Waals surface area contributed by atoms with Crippen LogP contribution in [0.2, 0.25) is 0 Å². The molecular weight excluding hydrogens is 456 g/mol. The van der Waals surface area contributed by atoms with Gasteiger partial charge in [0, 0.05) is 24.0 Å². The summed E-state index contributed by atoms with van der Waals surface area (Å²) in [4.78, 5) is 23.2. The first-order valence-electron chi connectivity index (χ1n) is 13.6. The molecule has 0 radical (unpaired) electrons. The lowest BCUT2D eigenvalue weighted by atomic mass is 9.75. The summed E-state index contributed by atoms with van der Waals surface area (Å²) in [6, 6.07) is 3.84. The van der Waals surface area contributed by atoms with Crippen molar-refractivity contribution in [3.63, 3.8) is 0 Å². The zero-order chi connectivity index (χ0) is 27.4. The lowest BCUT2D eigenvalue weighted by molar-refractivity contribution is -0.141. The molecule has 0 saturated carbocycles. The Morgan fingerprint density at radius 2 is 1.39 bits per heavy atom. The van der Waals surface area contributed by atoms with E-state index >= 15 is 0 Å². The van der Waals surface area contributed by atoms with Gasteiger partial charge in [0.25, 0.3) is 0 Å². The fourth-order valence-corrected chi connectivity index (χ4v) is 4.69. The van der Waals surface area contributed by atoms with E-state index in [1.165, 1.54) is 20.6 Å².